The number of benzene rings is 2. The van der Waals surface area contributed by atoms with E-state index in [2.05, 4.69) is 4.99 Å². The van der Waals surface area contributed by atoms with Crippen molar-refractivity contribution in [1.82, 2.24) is 4.57 Å². The van der Waals surface area contributed by atoms with Crippen LogP contribution in [0, 0.1) is 15.9 Å². The number of carbonyl (C=O) groups is 1. The lowest BCUT2D eigenvalue weighted by Gasteiger charge is -1.99. The highest BCUT2D eigenvalue weighted by molar-refractivity contribution is 7.16. The molecule has 1 aromatic heterocycles. The third kappa shape index (κ3) is 3.75. The lowest BCUT2D eigenvalue weighted by atomic mass is 10.2. The molecular weight excluding hydrogens is 357 g/mol. The van der Waals surface area contributed by atoms with Crippen molar-refractivity contribution in [3.05, 3.63) is 74.8 Å². The maximum absolute atomic E-state index is 13.4. The van der Waals surface area contributed by atoms with E-state index in [0.29, 0.717) is 16.9 Å². The Labute approximate surface area is 151 Å². The number of halogens is 1. The van der Waals surface area contributed by atoms with Crippen LogP contribution in [0.25, 0.3) is 16.3 Å². The van der Waals surface area contributed by atoms with Crippen molar-refractivity contribution in [2.75, 3.05) is 0 Å². The van der Waals surface area contributed by atoms with Gasteiger partial charge in [0.05, 0.1) is 15.1 Å². The van der Waals surface area contributed by atoms with Crippen molar-refractivity contribution in [3.8, 4) is 0 Å². The number of rotatable bonds is 4. The Morgan fingerprint density at radius 1 is 1.31 bits per heavy atom. The molecule has 0 aliphatic heterocycles. The SMILES string of the molecule is CCn1c(=NC(=O)/C=C/c2ccc([N+](=O)[O-])cc2)sc2cc(F)ccc21. The zero-order chi connectivity index (χ0) is 18.7. The number of nitrogens with zero attached hydrogens (tertiary/aromatic N) is 3. The first-order chi connectivity index (χ1) is 12.5. The topological polar surface area (TPSA) is 77.5 Å². The van der Waals surface area contributed by atoms with E-state index in [1.54, 1.807) is 24.3 Å². The normalized spacial score (nSPS) is 12.2. The molecule has 1 heterocycles. The second kappa shape index (κ2) is 7.40. The molecule has 0 aliphatic rings. The van der Waals surface area contributed by atoms with Crippen LogP contribution < -0.4 is 4.80 Å². The number of nitro groups is 1. The van der Waals surface area contributed by atoms with Gasteiger partial charge in [-0.1, -0.05) is 11.3 Å². The Kier molecular flexibility index (Phi) is 5.04. The number of hydrogen-bond donors (Lipinski definition) is 0. The molecule has 0 unspecified atom stereocenters. The summed E-state index contributed by atoms with van der Waals surface area (Å²) in [6, 6.07) is 10.3. The molecule has 0 saturated heterocycles. The molecular formula is C18H14FN3O3S. The van der Waals surface area contributed by atoms with Gasteiger partial charge in [0.2, 0.25) is 0 Å². The standard InChI is InChI=1S/C18H14FN3O3S/c1-2-21-15-9-6-13(19)11-16(15)26-18(21)20-17(23)10-5-12-3-7-14(8-4-12)22(24)25/h3-11H,2H2,1H3/b10-5+,20-18?. The Morgan fingerprint density at radius 2 is 2.04 bits per heavy atom. The Morgan fingerprint density at radius 3 is 2.69 bits per heavy atom. The monoisotopic (exact) mass is 371 g/mol. The molecule has 0 bridgehead atoms. The second-order valence-electron chi connectivity index (χ2n) is 5.37. The van der Waals surface area contributed by atoms with Crippen LogP contribution in [-0.4, -0.2) is 15.4 Å². The molecule has 0 atom stereocenters. The van der Waals surface area contributed by atoms with E-state index in [9.17, 15) is 19.3 Å². The van der Waals surface area contributed by atoms with Gasteiger partial charge in [0.15, 0.2) is 4.80 Å². The van der Waals surface area contributed by atoms with Gasteiger partial charge < -0.3 is 4.57 Å². The van der Waals surface area contributed by atoms with Crippen LogP contribution >= 0.6 is 11.3 Å². The highest BCUT2D eigenvalue weighted by atomic mass is 32.1. The maximum atomic E-state index is 13.4. The Hall–Kier alpha value is -3.13. The number of carbonyl (C=O) groups excluding carboxylic acids is 1. The van der Waals surface area contributed by atoms with Crippen molar-refractivity contribution in [3.63, 3.8) is 0 Å². The molecule has 3 aromatic rings. The number of nitro benzene ring substituents is 1. The molecule has 6 nitrogen and oxygen atoms in total. The Bertz CT molecular complexity index is 1080. The molecule has 0 saturated carbocycles. The predicted octanol–water partition coefficient (Wildman–Crippen LogP) is 3.91. The van der Waals surface area contributed by atoms with E-state index >= 15 is 0 Å². The fraction of sp³-hybridized carbons (Fsp3) is 0.111. The van der Waals surface area contributed by atoms with E-state index in [4.69, 9.17) is 0 Å². The van der Waals surface area contributed by atoms with Crippen LogP contribution in [-0.2, 0) is 11.3 Å². The molecule has 0 spiro atoms. The minimum atomic E-state index is -0.484. The molecule has 132 valence electrons. The number of thiazole rings is 1. The van der Waals surface area contributed by atoms with Crippen molar-refractivity contribution in [1.29, 1.82) is 0 Å². The highest BCUT2D eigenvalue weighted by Gasteiger charge is 2.07. The third-order valence-corrected chi connectivity index (χ3v) is 4.73. The summed E-state index contributed by atoms with van der Waals surface area (Å²) >= 11 is 1.24. The van der Waals surface area contributed by atoms with Gasteiger partial charge in [-0.25, -0.2) is 4.39 Å². The van der Waals surface area contributed by atoms with Crippen molar-refractivity contribution in [2.24, 2.45) is 4.99 Å². The van der Waals surface area contributed by atoms with Gasteiger partial charge in [0.1, 0.15) is 5.82 Å². The molecule has 26 heavy (non-hydrogen) atoms. The summed E-state index contributed by atoms with van der Waals surface area (Å²) in [5.74, 6) is -0.796. The zero-order valence-electron chi connectivity index (χ0n) is 13.8. The van der Waals surface area contributed by atoms with Crippen molar-refractivity contribution in [2.45, 2.75) is 13.5 Å². The highest BCUT2D eigenvalue weighted by Crippen LogP contribution is 2.18. The summed E-state index contributed by atoms with van der Waals surface area (Å²) in [5.41, 5.74) is 1.46. The number of aromatic nitrogens is 1. The molecule has 0 radical (unpaired) electrons. The first kappa shape index (κ1) is 17.7. The van der Waals surface area contributed by atoms with Gasteiger partial charge in [0.25, 0.3) is 11.6 Å². The minimum absolute atomic E-state index is 0.0142. The van der Waals surface area contributed by atoms with Crippen LogP contribution in [0.5, 0.6) is 0 Å². The van der Waals surface area contributed by atoms with Crippen molar-refractivity contribution < 1.29 is 14.1 Å². The largest absolute Gasteiger partial charge is 0.317 e. The molecule has 8 heteroatoms. The fourth-order valence-corrected chi connectivity index (χ4v) is 3.57. The van der Waals surface area contributed by atoms with E-state index < -0.39 is 10.8 Å². The lowest BCUT2D eigenvalue weighted by molar-refractivity contribution is -0.384. The summed E-state index contributed by atoms with van der Waals surface area (Å²) in [5, 5.41) is 10.6. The quantitative estimate of drug-likeness (QED) is 0.396. The predicted molar refractivity (Wildman–Crippen MR) is 98.1 cm³/mol. The number of amides is 1. The molecule has 0 fully saturated rings. The number of fused-ring (bicyclic) bond motifs is 1. The van der Waals surface area contributed by atoms with E-state index in [0.717, 1.165) is 10.2 Å². The van der Waals surface area contributed by atoms with Crippen LogP contribution in [0.2, 0.25) is 0 Å². The van der Waals surface area contributed by atoms with Gasteiger partial charge in [-0.3, -0.25) is 14.9 Å². The van der Waals surface area contributed by atoms with E-state index in [1.807, 2.05) is 11.5 Å². The van der Waals surface area contributed by atoms with Gasteiger partial charge in [0, 0.05) is 24.8 Å². The average Bonchev–Trinajstić information content (AvgIpc) is 2.96. The van der Waals surface area contributed by atoms with Crippen LogP contribution in [0.15, 0.2) is 53.5 Å². The molecule has 0 aliphatic carbocycles. The molecule has 0 N–H and O–H groups in total. The number of non-ortho nitro benzene ring substituents is 1. The van der Waals surface area contributed by atoms with Gasteiger partial charge in [-0.2, -0.15) is 4.99 Å². The molecule has 2 aromatic carbocycles. The number of hydrogen-bond acceptors (Lipinski definition) is 4. The van der Waals surface area contributed by atoms with Crippen LogP contribution in [0.4, 0.5) is 10.1 Å². The summed E-state index contributed by atoms with van der Waals surface area (Å²) in [4.78, 5) is 26.9. The van der Waals surface area contributed by atoms with Gasteiger partial charge in [-0.05, 0) is 48.9 Å². The average molecular weight is 371 g/mol. The van der Waals surface area contributed by atoms with Crippen LogP contribution in [0.3, 0.4) is 0 Å². The fourth-order valence-electron chi connectivity index (χ4n) is 2.44. The summed E-state index contributed by atoms with van der Waals surface area (Å²) in [6.07, 6.45) is 2.84. The second-order valence-corrected chi connectivity index (χ2v) is 6.38. The maximum Gasteiger partial charge on any atom is 0.272 e. The minimum Gasteiger partial charge on any atom is -0.317 e. The van der Waals surface area contributed by atoms with Gasteiger partial charge >= 0.3 is 0 Å². The van der Waals surface area contributed by atoms with E-state index in [1.165, 1.54) is 41.7 Å². The molecule has 3 rings (SSSR count). The summed E-state index contributed by atoms with van der Waals surface area (Å²) in [6.45, 7) is 2.52. The zero-order valence-corrected chi connectivity index (χ0v) is 14.6. The third-order valence-electron chi connectivity index (χ3n) is 3.69. The Balaban J connectivity index is 1.88. The first-order valence-electron chi connectivity index (χ1n) is 7.78. The summed E-state index contributed by atoms with van der Waals surface area (Å²) in [7, 11) is 0. The first-order valence-corrected chi connectivity index (χ1v) is 8.59. The smallest absolute Gasteiger partial charge is 0.272 e. The van der Waals surface area contributed by atoms with E-state index in [-0.39, 0.29) is 11.5 Å². The van der Waals surface area contributed by atoms with Crippen molar-refractivity contribution >= 4 is 39.2 Å². The number of aryl methyl sites for hydroxylation is 1. The summed E-state index contributed by atoms with van der Waals surface area (Å²) < 4.78 is 15.9. The lowest BCUT2D eigenvalue weighted by Crippen LogP contribution is -2.15. The van der Waals surface area contributed by atoms with Crippen LogP contribution in [0.1, 0.15) is 12.5 Å². The molecule has 1 amide bonds. The van der Waals surface area contributed by atoms with Gasteiger partial charge in [-0.15, -0.1) is 0 Å².